The number of fused-ring (bicyclic) bond motifs is 3. The lowest BCUT2D eigenvalue weighted by Crippen LogP contribution is -2.57. The van der Waals surface area contributed by atoms with Crippen molar-refractivity contribution in [1.82, 2.24) is 39.9 Å². The minimum atomic E-state index is -5.81. The lowest BCUT2D eigenvalue weighted by molar-refractivity contribution is -0.147. The van der Waals surface area contributed by atoms with Crippen LogP contribution in [0.15, 0.2) is 77.2 Å². The molecule has 38 heteroatoms. The summed E-state index contributed by atoms with van der Waals surface area (Å²) in [6.07, 6.45) is 7.08. The van der Waals surface area contributed by atoms with E-state index in [1.165, 1.54) is 65.1 Å². The molecular formula is C75H99N10O23P3S2. The Morgan fingerprint density at radius 2 is 1.58 bits per heavy atom. The summed E-state index contributed by atoms with van der Waals surface area (Å²) in [5.74, 6) is -0.779. The molecule has 113 heavy (non-hydrogen) atoms. The summed E-state index contributed by atoms with van der Waals surface area (Å²) in [6.45, 7) is 10.5. The molecule has 33 nitrogen and oxygen atoms in total. The van der Waals surface area contributed by atoms with Crippen LogP contribution in [0.25, 0.3) is 11.0 Å². The van der Waals surface area contributed by atoms with E-state index in [0.29, 0.717) is 66.8 Å². The normalized spacial score (nSPS) is 21.7. The van der Waals surface area contributed by atoms with Gasteiger partial charge in [0.05, 0.1) is 47.8 Å². The van der Waals surface area contributed by atoms with E-state index in [1.54, 1.807) is 23.8 Å². The number of benzene rings is 2. The molecule has 614 valence electrons. The third-order valence-electron chi connectivity index (χ3n) is 20.6. The molecule has 3 fully saturated rings. The molecular weight excluding hydrogens is 1570 g/mol. The number of aliphatic imine (C=N–C) groups is 1. The number of amides is 5. The zero-order chi connectivity index (χ0) is 82.2. The fourth-order valence-electron chi connectivity index (χ4n) is 15.0. The van der Waals surface area contributed by atoms with Crippen molar-refractivity contribution in [2.24, 2.45) is 16.8 Å². The topological polar surface area (TPSA) is 486 Å². The van der Waals surface area contributed by atoms with Gasteiger partial charge in [-0.05, 0) is 131 Å². The highest BCUT2D eigenvalue weighted by atomic mass is 33.1. The number of aliphatic carboxylic acids is 2. The lowest BCUT2D eigenvalue weighted by Gasteiger charge is -2.38. The van der Waals surface area contributed by atoms with E-state index in [9.17, 15) is 82.0 Å². The van der Waals surface area contributed by atoms with Gasteiger partial charge in [-0.2, -0.15) is 8.62 Å². The Morgan fingerprint density at radius 3 is 2.29 bits per heavy atom. The molecule has 12 atom stereocenters. The predicted molar refractivity (Wildman–Crippen MR) is 419 cm³/mol. The first kappa shape index (κ1) is 89.2. The van der Waals surface area contributed by atoms with Crippen molar-refractivity contribution in [3.05, 3.63) is 111 Å². The average Bonchev–Trinajstić information content (AvgIpc) is 1.53. The van der Waals surface area contributed by atoms with E-state index in [0.717, 1.165) is 42.4 Å². The van der Waals surface area contributed by atoms with Crippen LogP contribution in [-0.4, -0.2) is 211 Å². The summed E-state index contributed by atoms with van der Waals surface area (Å²) in [6, 6.07) is 7.46. The van der Waals surface area contributed by atoms with Gasteiger partial charge >= 0.3 is 35.4 Å². The number of rotatable bonds is 39. The average molecular weight is 1670 g/mol. The first-order chi connectivity index (χ1) is 53.6. The number of nitrogens with zero attached hydrogens (tertiary/aromatic N) is 7. The molecule has 0 spiro atoms. The Balaban J connectivity index is 0.780. The largest absolute Gasteiger partial charge is 0.490 e. The van der Waals surface area contributed by atoms with Crippen LogP contribution in [0.5, 0.6) is 0 Å². The minimum Gasteiger partial charge on any atom is -0.481 e. The van der Waals surface area contributed by atoms with Crippen LogP contribution in [0.4, 0.5) is 5.82 Å². The molecule has 5 heterocycles. The molecule has 2 aliphatic carbocycles. The number of carboxylic acids is 2. The fraction of sp³-hybridized carbons (Fsp3) is 0.547. The lowest BCUT2D eigenvalue weighted by atomic mass is 9.65. The van der Waals surface area contributed by atoms with Gasteiger partial charge in [-0.3, -0.25) is 52.7 Å². The maximum atomic E-state index is 14.7. The Kier molecular flexibility index (Phi) is 31.7. The molecule has 10 unspecified atom stereocenters. The Bertz CT molecular complexity index is 4560. The highest BCUT2D eigenvalue weighted by molar-refractivity contribution is 8.76. The van der Waals surface area contributed by atoms with Crippen LogP contribution >= 0.6 is 45.1 Å². The number of carbonyl (C=O) groups excluding carboxylic acids is 7. The quantitative estimate of drug-likeness (QED) is 0.00870. The van der Waals surface area contributed by atoms with Crippen molar-refractivity contribution >= 4 is 121 Å². The van der Waals surface area contributed by atoms with Crippen molar-refractivity contribution in [1.29, 1.82) is 0 Å². The predicted octanol–water partition coefficient (Wildman–Crippen LogP) is 8.22. The molecule has 2 aromatic carbocycles. The summed E-state index contributed by atoms with van der Waals surface area (Å²) in [4.78, 5) is 178. The Labute approximate surface area is 662 Å². The highest BCUT2D eigenvalue weighted by Crippen LogP contribution is 2.66. The number of hydrogen-bond acceptors (Lipinski definition) is 23. The van der Waals surface area contributed by atoms with Gasteiger partial charge in [-0.15, -0.1) is 0 Å². The molecule has 9 rings (SSSR count). The van der Waals surface area contributed by atoms with E-state index < -0.39 is 127 Å². The first-order valence-electron chi connectivity index (χ1n) is 37.7. The molecule has 4 aromatic rings. The summed E-state index contributed by atoms with van der Waals surface area (Å²) < 4.78 is 54.5. The summed E-state index contributed by atoms with van der Waals surface area (Å²) >= 11 is 0. The summed E-state index contributed by atoms with van der Waals surface area (Å²) in [7, 11) is -12.5. The number of phosphoric acid groups is 3. The van der Waals surface area contributed by atoms with Crippen LogP contribution in [-0.2, 0) is 82.8 Å². The van der Waals surface area contributed by atoms with Gasteiger partial charge in [0, 0.05) is 107 Å². The van der Waals surface area contributed by atoms with Crippen molar-refractivity contribution in [3.8, 4) is 11.8 Å². The number of hydrogen-bond donors (Lipinski definition) is 10. The van der Waals surface area contributed by atoms with E-state index in [2.05, 4.69) is 96.7 Å². The van der Waals surface area contributed by atoms with Gasteiger partial charge in [0.15, 0.2) is 5.78 Å². The number of nitrogen functional groups attached to an aromatic ring is 1. The van der Waals surface area contributed by atoms with E-state index >= 15 is 0 Å². The number of aliphatic hydroxyl groups is 1. The van der Waals surface area contributed by atoms with Crippen molar-refractivity contribution in [2.75, 3.05) is 57.1 Å². The molecule has 0 radical (unpaired) electrons. The number of Topliss-reactive ketones (excluding diaryl/α,β-unsaturated/α-hetero) is 2. The number of allylic oxidation sites excluding steroid dienone is 4. The highest BCUT2D eigenvalue weighted by Gasteiger charge is 2.46. The number of likely N-dealkylation sites (tertiary alicyclic amines) is 2. The van der Waals surface area contributed by atoms with Gasteiger partial charge in [-0.25, -0.2) is 23.7 Å². The third-order valence-corrected chi connectivity index (χ3v) is 26.9. The van der Waals surface area contributed by atoms with Gasteiger partial charge in [-0.1, -0.05) is 95.7 Å². The van der Waals surface area contributed by atoms with Crippen molar-refractivity contribution in [2.45, 2.75) is 199 Å². The van der Waals surface area contributed by atoms with Gasteiger partial charge in [0.2, 0.25) is 23.6 Å². The maximum Gasteiger partial charge on any atom is 0.490 e. The Morgan fingerprint density at radius 1 is 0.858 bits per heavy atom. The van der Waals surface area contributed by atoms with E-state index in [1.807, 2.05) is 25.1 Å². The first-order valence-corrected chi connectivity index (χ1v) is 44.7. The van der Waals surface area contributed by atoms with Crippen LogP contribution in [0.3, 0.4) is 0 Å². The SMILES string of the molecule is CCCc1cc2c(cc1C)C(c1ccccc1C(=O)N(C)CCCC(=O)N1CCCC1C(=O)N1CCCC1C(=O)NC(CCCSSCCC(=O)CCC#Cc1cn([C@H]3CC(O)[C@@H](COP(=O)(O)OP(=O)(O)OP(=O)(O)O)O3)c3ncnc(N)c13)C(=O)NC(CC(=O)O)C(=O)CC(CC)C(=O)O)C1C=C(C)C(=NCC)C=C1C2. The van der Waals surface area contributed by atoms with Crippen LogP contribution < -0.4 is 16.4 Å². The molecule has 5 aliphatic rings. The van der Waals surface area contributed by atoms with E-state index in [4.69, 9.17) is 25.2 Å². The fourth-order valence-corrected chi connectivity index (χ4v) is 20.2. The molecule has 11 N–H and O–H groups in total. The standard InChI is InChI=1S/C75H99N10O23P3S2/c1-7-18-47-35-49-36-50-37-57(77-9-3)45(5)34-55(50)68(54(49)33-44(47)4)52-21-12-13-22-53(52)73(94)82(6)28-16-26-64(89)83-29-15-25-60(83)74(95)84-30-14-24-59(84)72(93)80-56(71(92)81-58(39-66(90)91)61(87)38-46(8-2)75(96)97)23-17-31-112-113-32-27-51(86)20-11-10-19-48-41-85(70-67(48)69(76)78-43-79-70)65-40-62(88)63(106-65)42-105-110(101,102)108-111(103,104)107-109(98,99)100/h12-13,21-22,33-35,37,41,43,46,55-56,58-60,62-63,65,68,88H,7-9,11,14-18,20,23-32,36,38-40,42H2,1-6H3,(H,80,93)(H,81,92)(H,90,91)(H,96,97)(H,101,102)(H,103,104)(H2,76,78,79)(H2,98,99,100)/t46?,55?,56?,58?,59?,60?,62?,63-,65-,68?/m1/s1. The molecule has 0 bridgehead atoms. The number of aliphatic hydroxyl groups excluding tert-OH is 1. The zero-order valence-corrected chi connectivity index (χ0v) is 68.1. The Hall–Kier alpha value is -7.77. The summed E-state index contributed by atoms with van der Waals surface area (Å²) in [5, 5.41) is 35.9. The van der Waals surface area contributed by atoms with Crippen molar-refractivity contribution < 1.29 is 110 Å². The molecule has 5 amide bonds. The van der Waals surface area contributed by atoms with E-state index in [-0.39, 0.29) is 112 Å². The number of aryl methyl sites for hydroxylation is 2. The zero-order valence-electron chi connectivity index (χ0n) is 63.8. The molecule has 3 aliphatic heterocycles. The van der Waals surface area contributed by atoms with Gasteiger partial charge in [0.25, 0.3) is 5.91 Å². The van der Waals surface area contributed by atoms with Crippen LogP contribution in [0.2, 0.25) is 0 Å². The molecule has 2 aromatic heterocycles. The number of nitrogens with two attached hydrogens (primary N) is 1. The number of aromatic nitrogens is 3. The molecule has 0 saturated carbocycles. The number of ether oxygens (including phenoxy) is 1. The number of carboxylic acid groups (broad SMARTS) is 2. The minimum absolute atomic E-state index is 0.00455. The smallest absolute Gasteiger partial charge is 0.481 e. The van der Waals surface area contributed by atoms with Crippen LogP contribution in [0.1, 0.15) is 186 Å². The number of carbonyl (C=O) groups is 9. The maximum absolute atomic E-state index is 14.7. The number of nitrogens with one attached hydrogen (secondary N) is 2. The number of anilines is 1. The molecule has 3 saturated heterocycles. The second-order valence-corrected chi connectivity index (χ2v) is 35.7. The number of ketones is 2. The monoisotopic (exact) mass is 1660 g/mol. The second-order valence-electron chi connectivity index (χ2n) is 28.6. The van der Waals surface area contributed by atoms with Gasteiger partial charge < -0.3 is 75.3 Å². The summed E-state index contributed by atoms with van der Waals surface area (Å²) in [5.41, 5.74) is 16.6. The van der Waals surface area contributed by atoms with Crippen LogP contribution in [0, 0.1) is 30.6 Å². The van der Waals surface area contributed by atoms with Crippen molar-refractivity contribution in [3.63, 3.8) is 0 Å². The second kappa shape index (κ2) is 40.2. The number of phosphoric ester groups is 1. The van der Waals surface area contributed by atoms with Gasteiger partial charge in [0.1, 0.15) is 54.0 Å². The third kappa shape index (κ3) is 23.7.